The number of nitriles is 1. The van der Waals surface area contributed by atoms with Crippen molar-refractivity contribution in [2.75, 3.05) is 0 Å². The van der Waals surface area contributed by atoms with E-state index in [0.717, 1.165) is 5.92 Å². The molecular weight excluding hydrogens is 210 g/mol. The van der Waals surface area contributed by atoms with E-state index in [1.165, 1.54) is 11.1 Å². The van der Waals surface area contributed by atoms with Gasteiger partial charge in [-0.2, -0.15) is 5.26 Å². The van der Waals surface area contributed by atoms with Gasteiger partial charge in [0.15, 0.2) is 0 Å². The lowest BCUT2D eigenvalue weighted by Gasteiger charge is -2.76. The molecule has 17 heavy (non-hydrogen) atoms. The van der Waals surface area contributed by atoms with Crippen LogP contribution in [0.15, 0.2) is 24.3 Å². The lowest BCUT2D eigenvalue weighted by molar-refractivity contribution is -0.230. The summed E-state index contributed by atoms with van der Waals surface area (Å²) >= 11 is 0. The zero-order valence-electron chi connectivity index (χ0n) is 9.21. The van der Waals surface area contributed by atoms with Crippen LogP contribution in [0.5, 0.6) is 0 Å². The highest BCUT2D eigenvalue weighted by atomic mass is 16.5. The van der Waals surface area contributed by atoms with Crippen LogP contribution in [0.3, 0.4) is 0 Å². The molecule has 3 saturated carbocycles. The largest absolute Gasteiger partial charge is 0.373 e. The lowest BCUT2D eigenvalue weighted by Crippen LogP contribution is -2.78. The van der Waals surface area contributed by atoms with Crippen LogP contribution in [0.1, 0.15) is 23.0 Å². The minimum atomic E-state index is -0.0264. The summed E-state index contributed by atoms with van der Waals surface area (Å²) in [6.45, 7) is 0. The molecule has 0 spiro atoms. The first kappa shape index (κ1) is 7.89. The molecule has 1 aromatic carbocycles. The van der Waals surface area contributed by atoms with Crippen molar-refractivity contribution in [1.82, 2.24) is 0 Å². The predicted octanol–water partition coefficient (Wildman–Crippen LogP) is 2.03. The number of nitrogens with zero attached hydrogens (tertiary/aromatic N) is 1. The van der Waals surface area contributed by atoms with E-state index in [1.807, 2.05) is 0 Å². The minimum Gasteiger partial charge on any atom is -0.373 e. The smallest absolute Gasteiger partial charge is 0.0762 e. The molecule has 6 rings (SSSR count). The van der Waals surface area contributed by atoms with E-state index in [2.05, 4.69) is 30.3 Å². The van der Waals surface area contributed by atoms with Gasteiger partial charge in [0, 0.05) is 17.8 Å². The molecule has 1 saturated heterocycles. The summed E-state index contributed by atoms with van der Waals surface area (Å²) in [5, 5.41) is 9.67. The van der Waals surface area contributed by atoms with Gasteiger partial charge in [-0.3, -0.25) is 0 Å². The summed E-state index contributed by atoms with van der Waals surface area (Å²) in [4.78, 5) is 0. The third-order valence-electron chi connectivity index (χ3n) is 6.45. The number of hydrogen-bond acceptors (Lipinski definition) is 2. The molecule has 8 atom stereocenters. The number of hydrogen-bond donors (Lipinski definition) is 0. The van der Waals surface area contributed by atoms with E-state index in [0.29, 0.717) is 35.9 Å². The Labute approximate surface area is 99.2 Å². The van der Waals surface area contributed by atoms with Crippen molar-refractivity contribution in [2.45, 2.75) is 24.0 Å². The van der Waals surface area contributed by atoms with Gasteiger partial charge >= 0.3 is 0 Å². The van der Waals surface area contributed by atoms with Crippen LogP contribution in [0.25, 0.3) is 0 Å². The Morgan fingerprint density at radius 2 is 1.94 bits per heavy atom. The van der Waals surface area contributed by atoms with Gasteiger partial charge in [0.05, 0.1) is 23.7 Å². The zero-order valence-corrected chi connectivity index (χ0v) is 9.21. The van der Waals surface area contributed by atoms with Crippen molar-refractivity contribution in [1.29, 1.82) is 5.26 Å². The first-order valence-corrected chi connectivity index (χ1v) is 6.55. The second-order valence-corrected chi connectivity index (χ2v) is 6.37. The van der Waals surface area contributed by atoms with E-state index in [-0.39, 0.29) is 5.41 Å². The van der Waals surface area contributed by atoms with Crippen molar-refractivity contribution in [3.05, 3.63) is 35.4 Å². The molecule has 0 amide bonds. The molecule has 1 aromatic rings. The Bertz CT molecular complexity index is 632. The molecule has 4 fully saturated rings. The molecule has 0 aromatic heterocycles. The summed E-state index contributed by atoms with van der Waals surface area (Å²) in [5.41, 5.74) is 2.90. The van der Waals surface area contributed by atoms with Crippen molar-refractivity contribution in [3.8, 4) is 6.07 Å². The molecule has 0 radical (unpaired) electrons. The fraction of sp³-hybridized carbons (Fsp3) is 0.533. The van der Waals surface area contributed by atoms with Gasteiger partial charge in [0.25, 0.3) is 0 Å². The van der Waals surface area contributed by atoms with Crippen LogP contribution in [-0.2, 0) is 4.74 Å². The summed E-state index contributed by atoms with van der Waals surface area (Å²) < 4.78 is 6.23. The topological polar surface area (TPSA) is 33.0 Å². The molecule has 0 bridgehead atoms. The Morgan fingerprint density at radius 3 is 2.76 bits per heavy atom. The first-order valence-electron chi connectivity index (χ1n) is 6.55. The van der Waals surface area contributed by atoms with Crippen LogP contribution in [0, 0.1) is 34.5 Å². The Hall–Kier alpha value is -1.33. The van der Waals surface area contributed by atoms with Crippen LogP contribution in [-0.4, -0.2) is 12.2 Å². The van der Waals surface area contributed by atoms with E-state index in [4.69, 9.17) is 4.74 Å². The summed E-state index contributed by atoms with van der Waals surface area (Å²) in [7, 11) is 0. The van der Waals surface area contributed by atoms with Gasteiger partial charge < -0.3 is 4.74 Å². The van der Waals surface area contributed by atoms with Crippen LogP contribution < -0.4 is 0 Å². The molecule has 0 N–H and O–H groups in total. The number of fused-ring (bicyclic) bond motifs is 5. The summed E-state index contributed by atoms with van der Waals surface area (Å²) in [5.74, 6) is 2.86. The lowest BCUT2D eigenvalue weighted by atomic mass is 9.22. The summed E-state index contributed by atoms with van der Waals surface area (Å²) in [6.07, 6.45) is 0.819. The molecule has 2 heteroatoms. The predicted molar refractivity (Wildman–Crippen MR) is 59.1 cm³/mol. The quantitative estimate of drug-likeness (QED) is 0.671. The minimum absolute atomic E-state index is 0.0264. The van der Waals surface area contributed by atoms with Crippen molar-refractivity contribution in [3.63, 3.8) is 0 Å². The van der Waals surface area contributed by atoms with E-state index in [1.54, 1.807) is 0 Å². The van der Waals surface area contributed by atoms with Crippen LogP contribution >= 0.6 is 0 Å². The number of ether oxygens (including phenoxy) is 1. The third kappa shape index (κ3) is 0.472. The fourth-order valence-corrected chi connectivity index (χ4v) is 6.11. The summed E-state index contributed by atoms with van der Waals surface area (Å²) in [6, 6.07) is 11.4. The highest BCUT2D eigenvalue weighted by molar-refractivity contribution is 5.57. The molecular formula is C15H11NO. The first-order chi connectivity index (χ1) is 8.39. The van der Waals surface area contributed by atoms with Crippen LogP contribution in [0.2, 0.25) is 0 Å². The van der Waals surface area contributed by atoms with E-state index in [9.17, 15) is 5.26 Å². The van der Waals surface area contributed by atoms with Gasteiger partial charge in [-0.15, -0.1) is 0 Å². The van der Waals surface area contributed by atoms with Gasteiger partial charge in [-0.1, -0.05) is 24.3 Å². The van der Waals surface area contributed by atoms with Gasteiger partial charge in [-0.05, 0) is 23.0 Å². The molecule has 1 heterocycles. The maximum atomic E-state index is 9.67. The highest BCUT2D eigenvalue weighted by Crippen LogP contribution is 2.89. The number of benzene rings is 1. The monoisotopic (exact) mass is 221 g/mol. The molecule has 1 aliphatic heterocycles. The second-order valence-electron chi connectivity index (χ2n) is 6.37. The zero-order chi connectivity index (χ0) is 10.9. The van der Waals surface area contributed by atoms with Gasteiger partial charge in [0.2, 0.25) is 0 Å². The van der Waals surface area contributed by atoms with Gasteiger partial charge in [-0.25, -0.2) is 0 Å². The van der Waals surface area contributed by atoms with Crippen molar-refractivity contribution < 1.29 is 4.74 Å². The average molecular weight is 221 g/mol. The van der Waals surface area contributed by atoms with E-state index < -0.39 is 0 Å². The second kappa shape index (κ2) is 1.93. The standard InChI is InChI=1S/C15H11NO/c16-5-15-10-7-4-2-1-3-6(7)8-11(15)9-12(15)14(10)17-13(8)9/h1-4,8-14H/t8-,9-,10-,11+,12+,13-,14+,15+/m1/s1. The Kier molecular flexibility index (Phi) is 0.897. The Balaban J connectivity index is 1.74. The van der Waals surface area contributed by atoms with Gasteiger partial charge in [0.1, 0.15) is 0 Å². The van der Waals surface area contributed by atoms with Crippen molar-refractivity contribution in [2.24, 2.45) is 23.2 Å². The SMILES string of the molecule is N#C[C@]12[C@@H]3[C@H]4O[C@@H]5[C@H](c6ccccc6[C@H]41)[C@H]2[C@@H]53. The molecule has 5 aliphatic rings. The average Bonchev–Trinajstić information content (AvgIpc) is 2.51. The fourth-order valence-electron chi connectivity index (χ4n) is 6.11. The molecule has 0 unspecified atom stereocenters. The molecule has 2 nitrogen and oxygen atoms in total. The van der Waals surface area contributed by atoms with E-state index >= 15 is 0 Å². The normalized spacial score (nSPS) is 61.5. The maximum absolute atomic E-state index is 9.67. The Morgan fingerprint density at radius 1 is 1.12 bits per heavy atom. The molecule has 4 aliphatic carbocycles. The maximum Gasteiger partial charge on any atom is 0.0762 e. The van der Waals surface area contributed by atoms with Crippen LogP contribution in [0.4, 0.5) is 0 Å². The molecule has 82 valence electrons. The number of rotatable bonds is 0. The highest BCUT2D eigenvalue weighted by Gasteiger charge is 2.91. The van der Waals surface area contributed by atoms with Crippen molar-refractivity contribution >= 4 is 0 Å². The third-order valence-corrected chi connectivity index (χ3v) is 6.45.